The summed E-state index contributed by atoms with van der Waals surface area (Å²) in [4.78, 5) is 11.9. The summed E-state index contributed by atoms with van der Waals surface area (Å²) in [6, 6.07) is 17.0. The van der Waals surface area contributed by atoms with E-state index in [2.05, 4.69) is 0 Å². The maximum Gasteiger partial charge on any atom is 0.419 e. The lowest BCUT2D eigenvalue weighted by molar-refractivity contribution is 0.497. The second-order valence-corrected chi connectivity index (χ2v) is 4.86. The number of halogens is 1. The maximum atomic E-state index is 11.9. The van der Waals surface area contributed by atoms with Crippen LogP contribution in [0.3, 0.4) is 0 Å². The number of hydrogen-bond acceptors (Lipinski definition) is 2. The lowest BCUT2D eigenvalue weighted by Gasteiger charge is -2.00. The zero-order chi connectivity index (χ0) is 13.9. The Labute approximate surface area is 121 Å². The van der Waals surface area contributed by atoms with E-state index in [9.17, 15) is 4.79 Å². The van der Waals surface area contributed by atoms with Crippen LogP contribution in [0.25, 0.3) is 11.3 Å². The van der Waals surface area contributed by atoms with Gasteiger partial charge in [0.25, 0.3) is 0 Å². The lowest BCUT2D eigenvalue weighted by atomic mass is 10.2. The zero-order valence-corrected chi connectivity index (χ0v) is 11.4. The molecule has 0 amide bonds. The third-order valence-corrected chi connectivity index (χ3v) is 3.37. The summed E-state index contributed by atoms with van der Waals surface area (Å²) in [6.07, 6.45) is 1.69. The minimum Gasteiger partial charge on any atom is -0.408 e. The lowest BCUT2D eigenvalue weighted by Crippen LogP contribution is -2.13. The Balaban J connectivity index is 1.96. The first-order valence-corrected chi connectivity index (χ1v) is 6.61. The van der Waals surface area contributed by atoms with Gasteiger partial charge in [-0.15, -0.1) is 0 Å². The van der Waals surface area contributed by atoms with Gasteiger partial charge in [-0.3, -0.25) is 4.57 Å². The molecule has 0 saturated heterocycles. The van der Waals surface area contributed by atoms with Crippen LogP contribution in [0.4, 0.5) is 0 Å². The molecule has 4 heteroatoms. The Morgan fingerprint density at radius 1 is 1.00 bits per heavy atom. The van der Waals surface area contributed by atoms with Crippen molar-refractivity contribution in [1.29, 1.82) is 0 Å². The van der Waals surface area contributed by atoms with E-state index in [-0.39, 0.29) is 5.76 Å². The molecule has 20 heavy (non-hydrogen) atoms. The van der Waals surface area contributed by atoms with Crippen LogP contribution >= 0.6 is 11.6 Å². The van der Waals surface area contributed by atoms with E-state index in [4.69, 9.17) is 16.0 Å². The average molecular weight is 286 g/mol. The summed E-state index contributed by atoms with van der Waals surface area (Å²) in [5.41, 5.74) is 1.76. The molecule has 1 aromatic heterocycles. The predicted molar refractivity (Wildman–Crippen MR) is 79.0 cm³/mol. The minimum atomic E-state index is -0.385. The molecule has 0 N–H and O–H groups in total. The standard InChI is InChI=1S/C16H12ClNO2/c17-14-9-5-4-8-13(14)15-11-18(16(19)20-15)10-12-6-2-1-3-7-12/h1-9,11H,10H2. The van der Waals surface area contributed by atoms with Crippen molar-refractivity contribution in [1.82, 2.24) is 4.57 Å². The highest BCUT2D eigenvalue weighted by Crippen LogP contribution is 2.26. The van der Waals surface area contributed by atoms with Gasteiger partial charge in [-0.05, 0) is 17.7 Å². The first kappa shape index (κ1) is 12.8. The van der Waals surface area contributed by atoms with Gasteiger partial charge in [0.1, 0.15) is 0 Å². The Kier molecular flexibility index (Phi) is 3.44. The molecule has 3 nitrogen and oxygen atoms in total. The van der Waals surface area contributed by atoms with E-state index >= 15 is 0 Å². The molecule has 100 valence electrons. The second-order valence-electron chi connectivity index (χ2n) is 4.45. The SMILES string of the molecule is O=c1oc(-c2ccccc2Cl)cn1Cc1ccccc1. The van der Waals surface area contributed by atoms with Gasteiger partial charge in [0.2, 0.25) is 0 Å². The first-order chi connectivity index (χ1) is 9.74. The van der Waals surface area contributed by atoms with E-state index in [0.717, 1.165) is 11.1 Å². The van der Waals surface area contributed by atoms with Crippen molar-refractivity contribution in [2.45, 2.75) is 6.54 Å². The molecule has 0 spiro atoms. The van der Waals surface area contributed by atoms with E-state index in [1.54, 1.807) is 12.3 Å². The van der Waals surface area contributed by atoms with Crippen LogP contribution in [-0.4, -0.2) is 4.57 Å². The Hall–Kier alpha value is -2.26. The zero-order valence-electron chi connectivity index (χ0n) is 10.6. The summed E-state index contributed by atoms with van der Waals surface area (Å²) >= 11 is 6.11. The van der Waals surface area contributed by atoms with Crippen LogP contribution in [0, 0.1) is 0 Å². The van der Waals surface area contributed by atoms with Crippen LogP contribution in [0.2, 0.25) is 5.02 Å². The van der Waals surface area contributed by atoms with Gasteiger partial charge in [0, 0.05) is 5.56 Å². The van der Waals surface area contributed by atoms with Crippen molar-refractivity contribution in [2.75, 3.05) is 0 Å². The molecule has 0 atom stereocenters. The fourth-order valence-electron chi connectivity index (χ4n) is 2.05. The monoisotopic (exact) mass is 285 g/mol. The normalized spacial score (nSPS) is 10.7. The molecule has 0 aliphatic heterocycles. The van der Waals surface area contributed by atoms with Gasteiger partial charge < -0.3 is 4.42 Å². The number of nitrogens with zero attached hydrogens (tertiary/aromatic N) is 1. The van der Waals surface area contributed by atoms with Gasteiger partial charge in [-0.2, -0.15) is 0 Å². The van der Waals surface area contributed by atoms with Crippen LogP contribution in [0.5, 0.6) is 0 Å². The molecule has 1 heterocycles. The van der Waals surface area contributed by atoms with Crippen molar-refractivity contribution in [3.63, 3.8) is 0 Å². The molecule has 0 unspecified atom stereocenters. The molecule has 2 aromatic carbocycles. The molecule has 0 saturated carbocycles. The maximum absolute atomic E-state index is 11.9. The molecule has 3 rings (SSSR count). The van der Waals surface area contributed by atoms with Crippen LogP contribution in [0.1, 0.15) is 5.56 Å². The van der Waals surface area contributed by atoms with E-state index < -0.39 is 0 Å². The molecule has 0 bridgehead atoms. The topological polar surface area (TPSA) is 35.1 Å². The van der Waals surface area contributed by atoms with Crippen LogP contribution in [-0.2, 0) is 6.54 Å². The molecule has 0 radical (unpaired) electrons. The van der Waals surface area contributed by atoms with Gasteiger partial charge in [0.05, 0.1) is 17.8 Å². The van der Waals surface area contributed by atoms with Crippen molar-refractivity contribution in [2.24, 2.45) is 0 Å². The summed E-state index contributed by atoms with van der Waals surface area (Å²) in [5.74, 6) is 0.0975. The number of hydrogen-bond donors (Lipinski definition) is 0. The van der Waals surface area contributed by atoms with Crippen molar-refractivity contribution < 1.29 is 4.42 Å². The Morgan fingerprint density at radius 3 is 2.45 bits per heavy atom. The largest absolute Gasteiger partial charge is 0.419 e. The number of rotatable bonds is 3. The van der Waals surface area contributed by atoms with Crippen LogP contribution < -0.4 is 5.76 Å². The highest BCUT2D eigenvalue weighted by atomic mass is 35.5. The van der Waals surface area contributed by atoms with E-state index in [1.165, 1.54) is 4.57 Å². The van der Waals surface area contributed by atoms with E-state index in [1.807, 2.05) is 48.5 Å². The van der Waals surface area contributed by atoms with Gasteiger partial charge in [-0.1, -0.05) is 54.1 Å². The van der Waals surface area contributed by atoms with Gasteiger partial charge in [0.15, 0.2) is 5.76 Å². The number of aromatic nitrogens is 1. The molecule has 3 aromatic rings. The Bertz CT molecular complexity index is 774. The third kappa shape index (κ3) is 2.53. The first-order valence-electron chi connectivity index (χ1n) is 6.23. The molecule has 0 aliphatic rings. The molecule has 0 fully saturated rings. The fraction of sp³-hybridized carbons (Fsp3) is 0.0625. The quantitative estimate of drug-likeness (QED) is 0.733. The number of benzene rings is 2. The summed E-state index contributed by atoms with van der Waals surface area (Å²) in [5, 5.41) is 0.563. The second kappa shape index (κ2) is 5.39. The average Bonchev–Trinajstić information content (AvgIpc) is 2.81. The fourth-order valence-corrected chi connectivity index (χ4v) is 2.28. The van der Waals surface area contributed by atoms with Crippen molar-refractivity contribution in [3.05, 3.63) is 81.9 Å². The molecule has 0 aliphatic carbocycles. The molecular formula is C16H12ClNO2. The highest BCUT2D eigenvalue weighted by molar-refractivity contribution is 6.33. The number of oxazole rings is 1. The van der Waals surface area contributed by atoms with Gasteiger partial charge in [-0.25, -0.2) is 4.79 Å². The minimum absolute atomic E-state index is 0.385. The predicted octanol–water partition coefficient (Wildman–Crippen LogP) is 3.81. The van der Waals surface area contributed by atoms with Crippen molar-refractivity contribution >= 4 is 11.6 Å². The summed E-state index contributed by atoms with van der Waals surface area (Å²) < 4.78 is 6.81. The van der Waals surface area contributed by atoms with Crippen LogP contribution in [0.15, 0.2) is 70.0 Å². The van der Waals surface area contributed by atoms with E-state index in [0.29, 0.717) is 17.3 Å². The summed E-state index contributed by atoms with van der Waals surface area (Å²) in [6.45, 7) is 0.480. The highest BCUT2D eigenvalue weighted by Gasteiger charge is 2.11. The smallest absolute Gasteiger partial charge is 0.408 e. The van der Waals surface area contributed by atoms with Gasteiger partial charge >= 0.3 is 5.76 Å². The molecular weight excluding hydrogens is 274 g/mol. The Morgan fingerprint density at radius 2 is 1.70 bits per heavy atom. The van der Waals surface area contributed by atoms with Crippen molar-refractivity contribution in [3.8, 4) is 11.3 Å². The third-order valence-electron chi connectivity index (χ3n) is 3.04. The summed E-state index contributed by atoms with van der Waals surface area (Å²) in [7, 11) is 0.